The molecule has 0 rings (SSSR count). The maximum atomic E-state index is 9.71. The molecule has 0 spiro atoms. The van der Waals surface area contributed by atoms with Crippen LogP contribution in [0.15, 0.2) is 0 Å². The van der Waals surface area contributed by atoms with E-state index >= 15 is 0 Å². The summed E-state index contributed by atoms with van der Waals surface area (Å²) in [6.07, 6.45) is 27.4. The Morgan fingerprint density at radius 2 is 0.567 bits per heavy atom. The van der Waals surface area contributed by atoms with Crippen LogP contribution in [-0.4, -0.2) is 22.4 Å². The van der Waals surface area contributed by atoms with E-state index in [0.717, 1.165) is 25.7 Å². The molecule has 2 nitrogen and oxygen atoms in total. The Labute approximate surface area is 191 Å². The minimum atomic E-state index is -0.0272. The topological polar surface area (TPSA) is 40.5 Å². The Morgan fingerprint density at radius 3 is 0.900 bits per heavy atom. The molecule has 30 heavy (non-hydrogen) atoms. The fourth-order valence-corrected chi connectivity index (χ4v) is 3.86. The van der Waals surface area contributed by atoms with Crippen molar-refractivity contribution in [3.05, 3.63) is 0 Å². The van der Waals surface area contributed by atoms with E-state index in [9.17, 15) is 10.2 Å². The molecule has 2 N–H and O–H groups in total. The van der Waals surface area contributed by atoms with Gasteiger partial charge in [0.05, 0.1) is 12.2 Å². The van der Waals surface area contributed by atoms with Crippen molar-refractivity contribution in [3.8, 4) is 0 Å². The molecule has 0 aliphatic heterocycles. The molecule has 0 aromatic carbocycles. The second-order valence-corrected chi connectivity index (χ2v) is 9.41. The van der Waals surface area contributed by atoms with Crippen LogP contribution in [0.1, 0.15) is 169 Å². The summed E-state index contributed by atoms with van der Waals surface area (Å²) in [6.45, 7) is 8.90. The van der Waals surface area contributed by atoms with Gasteiger partial charge in [-0.2, -0.15) is 0 Å². The highest BCUT2D eigenvalue weighted by molar-refractivity contribution is 4.57. The van der Waals surface area contributed by atoms with Gasteiger partial charge in [0.1, 0.15) is 0 Å². The average Bonchev–Trinajstić information content (AvgIpc) is 2.75. The van der Waals surface area contributed by atoms with Crippen molar-refractivity contribution in [3.63, 3.8) is 0 Å². The lowest BCUT2D eigenvalue weighted by molar-refractivity contribution is 0.147. The lowest BCUT2D eigenvalue weighted by Gasteiger charge is -2.09. The summed E-state index contributed by atoms with van der Waals surface area (Å²) in [4.78, 5) is 0. The zero-order chi connectivity index (χ0) is 22.7. The summed E-state index contributed by atoms with van der Waals surface area (Å²) in [5.41, 5.74) is 0. The highest BCUT2D eigenvalue weighted by Gasteiger charge is 2.03. The monoisotopic (exact) mass is 428 g/mol. The van der Waals surface area contributed by atoms with Gasteiger partial charge in [0.15, 0.2) is 0 Å². The highest BCUT2D eigenvalue weighted by atomic mass is 16.3. The van der Waals surface area contributed by atoms with Crippen molar-refractivity contribution in [2.45, 2.75) is 181 Å². The first kappa shape index (κ1) is 32.1. The van der Waals surface area contributed by atoms with E-state index in [1.165, 1.54) is 116 Å². The standard InChI is InChI=1S/2C14H30O/c1-3-5-7-8-9-10-11-13-14(15)12-6-4-2;1-3-5-7-9-11-13-14(15)12-10-8-6-4-2/h2*14-15H,3-13H2,1-2H3. The Bertz CT molecular complexity index is 280. The molecule has 2 atom stereocenters. The van der Waals surface area contributed by atoms with Crippen LogP contribution >= 0.6 is 0 Å². The number of aliphatic hydroxyl groups is 2. The largest absolute Gasteiger partial charge is 0.393 e. The average molecular weight is 429 g/mol. The van der Waals surface area contributed by atoms with Gasteiger partial charge < -0.3 is 10.2 Å². The van der Waals surface area contributed by atoms with Crippen LogP contribution in [0.5, 0.6) is 0 Å². The van der Waals surface area contributed by atoms with Crippen molar-refractivity contribution in [1.29, 1.82) is 0 Å². The van der Waals surface area contributed by atoms with Crippen molar-refractivity contribution in [2.75, 3.05) is 0 Å². The summed E-state index contributed by atoms with van der Waals surface area (Å²) in [6, 6.07) is 0. The molecule has 0 heterocycles. The predicted molar refractivity (Wildman–Crippen MR) is 136 cm³/mol. The van der Waals surface area contributed by atoms with Crippen LogP contribution < -0.4 is 0 Å². The van der Waals surface area contributed by atoms with E-state index in [-0.39, 0.29) is 12.2 Å². The molecule has 2 heteroatoms. The molecule has 0 amide bonds. The molecule has 0 radical (unpaired) electrons. The van der Waals surface area contributed by atoms with Crippen molar-refractivity contribution >= 4 is 0 Å². The van der Waals surface area contributed by atoms with Crippen LogP contribution in [0.4, 0.5) is 0 Å². The molecule has 0 aliphatic rings. The third kappa shape index (κ3) is 30.1. The molecular formula is C28H60O2. The van der Waals surface area contributed by atoms with Gasteiger partial charge in [-0.25, -0.2) is 0 Å². The summed E-state index contributed by atoms with van der Waals surface area (Å²) in [7, 11) is 0. The molecule has 0 aliphatic carbocycles. The van der Waals surface area contributed by atoms with Crippen LogP contribution in [0.3, 0.4) is 0 Å². The predicted octanol–water partition coefficient (Wildman–Crippen LogP) is 9.36. The van der Waals surface area contributed by atoms with E-state index in [2.05, 4.69) is 27.7 Å². The molecule has 0 fully saturated rings. The maximum absolute atomic E-state index is 9.71. The molecule has 0 aromatic rings. The molecular weight excluding hydrogens is 368 g/mol. The zero-order valence-corrected chi connectivity index (χ0v) is 21.6. The first-order chi connectivity index (χ1) is 14.6. The van der Waals surface area contributed by atoms with Gasteiger partial charge in [0.2, 0.25) is 0 Å². The Balaban J connectivity index is 0. The molecule has 0 aromatic heterocycles. The normalized spacial score (nSPS) is 13.0. The summed E-state index contributed by atoms with van der Waals surface area (Å²) < 4.78 is 0. The van der Waals surface area contributed by atoms with Crippen molar-refractivity contribution in [2.24, 2.45) is 0 Å². The summed E-state index contributed by atoms with van der Waals surface area (Å²) >= 11 is 0. The SMILES string of the molecule is CCCCCCCC(O)CCCCCC.CCCCCCCCCC(O)CCCC. The van der Waals surface area contributed by atoms with Crippen molar-refractivity contribution < 1.29 is 10.2 Å². The Hall–Kier alpha value is -0.0800. The van der Waals surface area contributed by atoms with Gasteiger partial charge >= 0.3 is 0 Å². The molecule has 2 unspecified atom stereocenters. The van der Waals surface area contributed by atoms with Gasteiger partial charge in [-0.1, -0.05) is 143 Å². The third-order valence-corrected chi connectivity index (χ3v) is 6.06. The van der Waals surface area contributed by atoms with Crippen LogP contribution in [0.2, 0.25) is 0 Å². The quantitative estimate of drug-likeness (QED) is 0.169. The van der Waals surface area contributed by atoms with Gasteiger partial charge in [-0.05, 0) is 25.7 Å². The molecule has 0 saturated carbocycles. The van der Waals surface area contributed by atoms with Gasteiger partial charge in [-0.15, -0.1) is 0 Å². The van der Waals surface area contributed by atoms with Crippen molar-refractivity contribution in [1.82, 2.24) is 0 Å². The zero-order valence-electron chi connectivity index (χ0n) is 21.6. The summed E-state index contributed by atoms with van der Waals surface area (Å²) in [5.74, 6) is 0. The third-order valence-electron chi connectivity index (χ3n) is 6.06. The van der Waals surface area contributed by atoms with Crippen LogP contribution in [-0.2, 0) is 0 Å². The van der Waals surface area contributed by atoms with E-state index in [4.69, 9.17) is 0 Å². The fraction of sp³-hybridized carbons (Fsp3) is 1.00. The van der Waals surface area contributed by atoms with Gasteiger partial charge in [-0.3, -0.25) is 0 Å². The van der Waals surface area contributed by atoms with Gasteiger partial charge in [0.25, 0.3) is 0 Å². The van der Waals surface area contributed by atoms with E-state index in [1.54, 1.807) is 0 Å². The Morgan fingerprint density at radius 1 is 0.333 bits per heavy atom. The number of unbranched alkanes of at least 4 members (excludes halogenated alkanes) is 14. The van der Waals surface area contributed by atoms with E-state index in [1.807, 2.05) is 0 Å². The minimum Gasteiger partial charge on any atom is -0.393 e. The first-order valence-electron chi connectivity index (χ1n) is 14.0. The lowest BCUT2D eigenvalue weighted by atomic mass is 10.0. The van der Waals surface area contributed by atoms with Gasteiger partial charge in [0, 0.05) is 0 Å². The second-order valence-electron chi connectivity index (χ2n) is 9.41. The molecule has 0 bridgehead atoms. The van der Waals surface area contributed by atoms with Crippen LogP contribution in [0.25, 0.3) is 0 Å². The minimum absolute atomic E-state index is 0.0246. The first-order valence-corrected chi connectivity index (χ1v) is 14.0. The number of hydrogen-bond donors (Lipinski definition) is 2. The maximum Gasteiger partial charge on any atom is 0.0540 e. The fourth-order valence-electron chi connectivity index (χ4n) is 3.86. The van der Waals surface area contributed by atoms with E-state index < -0.39 is 0 Å². The van der Waals surface area contributed by atoms with Crippen LogP contribution in [0, 0.1) is 0 Å². The highest BCUT2D eigenvalue weighted by Crippen LogP contribution is 2.13. The molecule has 184 valence electrons. The number of hydrogen-bond acceptors (Lipinski definition) is 2. The smallest absolute Gasteiger partial charge is 0.0540 e. The lowest BCUT2D eigenvalue weighted by Crippen LogP contribution is -2.05. The Kier molecular flexibility index (Phi) is 30.9. The second kappa shape index (κ2) is 28.9. The van der Waals surface area contributed by atoms with E-state index in [0.29, 0.717) is 0 Å². The molecule has 0 saturated heterocycles. The number of rotatable bonds is 22. The number of aliphatic hydroxyl groups excluding tert-OH is 2. The summed E-state index contributed by atoms with van der Waals surface area (Å²) in [5, 5.41) is 19.3.